The summed E-state index contributed by atoms with van der Waals surface area (Å²) in [6.07, 6.45) is 0. The summed E-state index contributed by atoms with van der Waals surface area (Å²) in [5, 5.41) is 9.72. The molecule has 0 amide bonds. The first-order chi connectivity index (χ1) is 15.9. The third-order valence-corrected chi connectivity index (χ3v) is 8.54. The molecule has 3 aromatic rings. The van der Waals surface area contributed by atoms with Crippen LogP contribution in [0.25, 0.3) is 0 Å². The second-order valence-electron chi connectivity index (χ2n) is 7.88. The number of rotatable bonds is 8. The van der Waals surface area contributed by atoms with E-state index in [2.05, 4.69) is 4.90 Å². The number of carbonyl (C=O) groups is 1. The van der Waals surface area contributed by atoms with Crippen molar-refractivity contribution in [1.29, 1.82) is 0 Å². The molecule has 33 heavy (non-hydrogen) atoms. The van der Waals surface area contributed by atoms with Crippen LogP contribution in [0.3, 0.4) is 0 Å². The van der Waals surface area contributed by atoms with E-state index in [4.69, 9.17) is 0 Å². The maximum Gasteiger partial charge on any atom is 0.336 e. The first kappa shape index (κ1) is 23.4. The van der Waals surface area contributed by atoms with Gasteiger partial charge in [-0.1, -0.05) is 54.6 Å². The van der Waals surface area contributed by atoms with Crippen LogP contribution < -0.4 is 4.90 Å². The molecule has 0 bridgehead atoms. The van der Waals surface area contributed by atoms with E-state index < -0.39 is 16.0 Å². The summed E-state index contributed by atoms with van der Waals surface area (Å²) < 4.78 is 27.6. The van der Waals surface area contributed by atoms with Crippen LogP contribution in [-0.2, 0) is 21.5 Å². The SMILES string of the molecule is O=C(O)c1cc(SCc2ccccc2)ccc1CS(=O)(=O)N1CCN(c2ccccc2)CC1. The zero-order valence-corrected chi connectivity index (χ0v) is 19.8. The highest BCUT2D eigenvalue weighted by atomic mass is 32.2. The summed E-state index contributed by atoms with van der Waals surface area (Å²) in [5.41, 5.74) is 2.57. The van der Waals surface area contributed by atoms with Crippen LogP contribution in [0.5, 0.6) is 0 Å². The van der Waals surface area contributed by atoms with Crippen molar-refractivity contribution in [3.63, 3.8) is 0 Å². The Kier molecular flexibility index (Phi) is 7.37. The van der Waals surface area contributed by atoms with Crippen LogP contribution in [0.15, 0.2) is 83.8 Å². The van der Waals surface area contributed by atoms with Gasteiger partial charge >= 0.3 is 5.97 Å². The van der Waals surface area contributed by atoms with Crippen molar-refractivity contribution in [1.82, 2.24) is 4.31 Å². The van der Waals surface area contributed by atoms with Gasteiger partial charge < -0.3 is 10.0 Å². The van der Waals surface area contributed by atoms with Gasteiger partial charge in [-0.2, -0.15) is 4.31 Å². The number of anilines is 1. The number of carboxylic acids is 1. The molecule has 0 spiro atoms. The molecular weight excluding hydrogens is 456 g/mol. The topological polar surface area (TPSA) is 77.9 Å². The molecule has 3 aromatic carbocycles. The molecule has 0 aromatic heterocycles. The molecule has 172 valence electrons. The third-order valence-electron chi connectivity index (χ3n) is 5.65. The largest absolute Gasteiger partial charge is 0.478 e. The molecule has 1 aliphatic heterocycles. The van der Waals surface area contributed by atoms with Gasteiger partial charge in [0.2, 0.25) is 10.0 Å². The van der Waals surface area contributed by atoms with Crippen LogP contribution in [0.4, 0.5) is 5.69 Å². The predicted molar refractivity (Wildman–Crippen MR) is 132 cm³/mol. The summed E-state index contributed by atoms with van der Waals surface area (Å²) in [7, 11) is -3.63. The zero-order chi connectivity index (χ0) is 23.3. The maximum atomic E-state index is 13.1. The first-order valence-corrected chi connectivity index (χ1v) is 13.3. The molecule has 0 atom stereocenters. The molecule has 1 aliphatic rings. The fourth-order valence-corrected chi connectivity index (χ4v) is 6.30. The van der Waals surface area contributed by atoms with Crippen LogP contribution in [-0.4, -0.2) is 50.0 Å². The normalized spacial score (nSPS) is 14.8. The molecule has 0 aliphatic carbocycles. The Morgan fingerprint density at radius 1 is 0.879 bits per heavy atom. The molecule has 4 rings (SSSR count). The highest BCUT2D eigenvalue weighted by molar-refractivity contribution is 7.98. The highest BCUT2D eigenvalue weighted by Gasteiger charge is 2.28. The number of hydrogen-bond donors (Lipinski definition) is 1. The standard InChI is InChI=1S/C25H26N2O4S2/c28-25(29)24-17-23(32-18-20-7-3-1-4-8-20)12-11-21(24)19-33(30,31)27-15-13-26(14-16-27)22-9-5-2-6-10-22/h1-12,17H,13-16,18-19H2,(H,28,29). The van der Waals surface area contributed by atoms with E-state index in [0.29, 0.717) is 37.5 Å². The van der Waals surface area contributed by atoms with E-state index in [9.17, 15) is 18.3 Å². The van der Waals surface area contributed by atoms with Crippen molar-refractivity contribution in [2.45, 2.75) is 16.4 Å². The lowest BCUT2D eigenvalue weighted by atomic mass is 10.1. The lowest BCUT2D eigenvalue weighted by molar-refractivity contribution is 0.0695. The molecule has 1 fully saturated rings. The quantitative estimate of drug-likeness (QED) is 0.482. The Morgan fingerprint density at radius 2 is 1.52 bits per heavy atom. The summed E-state index contributed by atoms with van der Waals surface area (Å²) >= 11 is 1.53. The van der Waals surface area contributed by atoms with Crippen molar-refractivity contribution in [2.24, 2.45) is 0 Å². The maximum absolute atomic E-state index is 13.1. The van der Waals surface area contributed by atoms with Gasteiger partial charge in [0.1, 0.15) is 0 Å². The highest BCUT2D eigenvalue weighted by Crippen LogP contribution is 2.27. The van der Waals surface area contributed by atoms with E-state index in [1.807, 2.05) is 60.7 Å². The minimum Gasteiger partial charge on any atom is -0.478 e. The van der Waals surface area contributed by atoms with E-state index in [0.717, 1.165) is 16.1 Å². The Bertz CT molecular complexity index is 1190. The molecular formula is C25H26N2O4S2. The zero-order valence-electron chi connectivity index (χ0n) is 18.1. The molecule has 1 N–H and O–H groups in total. The number of thioether (sulfide) groups is 1. The number of aromatic carboxylic acids is 1. The monoisotopic (exact) mass is 482 g/mol. The smallest absolute Gasteiger partial charge is 0.336 e. The van der Waals surface area contributed by atoms with Gasteiger partial charge in [-0.3, -0.25) is 0 Å². The number of carboxylic acid groups (broad SMARTS) is 1. The van der Waals surface area contributed by atoms with Gasteiger partial charge in [-0.25, -0.2) is 13.2 Å². The van der Waals surface area contributed by atoms with Crippen molar-refractivity contribution in [3.05, 3.63) is 95.6 Å². The Balaban J connectivity index is 1.43. The number of hydrogen-bond acceptors (Lipinski definition) is 5. The lowest BCUT2D eigenvalue weighted by Gasteiger charge is -2.35. The minimum absolute atomic E-state index is 0.0413. The fourth-order valence-electron chi connectivity index (χ4n) is 3.86. The predicted octanol–water partition coefficient (Wildman–Crippen LogP) is 4.33. The summed E-state index contributed by atoms with van der Waals surface area (Å²) in [5.74, 6) is -0.719. The van der Waals surface area contributed by atoms with E-state index >= 15 is 0 Å². The fraction of sp³-hybridized carbons (Fsp3) is 0.240. The Morgan fingerprint density at radius 3 is 2.15 bits per heavy atom. The molecule has 6 nitrogen and oxygen atoms in total. The second kappa shape index (κ2) is 10.4. The average Bonchev–Trinajstić information content (AvgIpc) is 2.84. The van der Waals surface area contributed by atoms with Crippen molar-refractivity contribution >= 4 is 33.4 Å². The van der Waals surface area contributed by atoms with Gasteiger partial charge in [0.05, 0.1) is 11.3 Å². The molecule has 1 saturated heterocycles. The molecule has 1 heterocycles. The first-order valence-electron chi connectivity index (χ1n) is 10.7. The van der Waals surface area contributed by atoms with Gasteiger partial charge in [0, 0.05) is 42.5 Å². The van der Waals surface area contributed by atoms with Crippen molar-refractivity contribution in [3.8, 4) is 0 Å². The van der Waals surface area contributed by atoms with Crippen LogP contribution >= 0.6 is 11.8 Å². The molecule has 0 radical (unpaired) electrons. The van der Waals surface area contributed by atoms with Crippen LogP contribution in [0, 0.1) is 0 Å². The molecule has 0 unspecified atom stereocenters. The Labute approximate surface area is 198 Å². The van der Waals surface area contributed by atoms with Crippen LogP contribution in [0.1, 0.15) is 21.5 Å². The van der Waals surface area contributed by atoms with Gasteiger partial charge in [-0.15, -0.1) is 11.8 Å². The van der Waals surface area contributed by atoms with E-state index in [-0.39, 0.29) is 11.3 Å². The average molecular weight is 483 g/mol. The molecule has 8 heteroatoms. The van der Waals surface area contributed by atoms with Gasteiger partial charge in [0.25, 0.3) is 0 Å². The summed E-state index contributed by atoms with van der Waals surface area (Å²) in [6.45, 7) is 1.96. The van der Waals surface area contributed by atoms with E-state index in [1.165, 1.54) is 16.1 Å². The lowest BCUT2D eigenvalue weighted by Crippen LogP contribution is -2.49. The van der Waals surface area contributed by atoms with Crippen molar-refractivity contribution in [2.75, 3.05) is 31.1 Å². The van der Waals surface area contributed by atoms with Gasteiger partial charge in [-0.05, 0) is 35.4 Å². The molecule has 0 saturated carbocycles. The minimum atomic E-state index is -3.63. The number of sulfonamides is 1. The number of para-hydroxylation sites is 1. The number of piperazine rings is 1. The van der Waals surface area contributed by atoms with Gasteiger partial charge in [0.15, 0.2) is 0 Å². The van der Waals surface area contributed by atoms with Crippen LogP contribution in [0.2, 0.25) is 0 Å². The van der Waals surface area contributed by atoms with E-state index in [1.54, 1.807) is 18.2 Å². The second-order valence-corrected chi connectivity index (χ2v) is 10.9. The summed E-state index contributed by atoms with van der Waals surface area (Å²) in [4.78, 5) is 14.8. The number of benzene rings is 3. The summed E-state index contributed by atoms with van der Waals surface area (Å²) in [6, 6.07) is 24.8. The number of nitrogens with zero attached hydrogens (tertiary/aromatic N) is 2. The van der Waals surface area contributed by atoms with Crippen molar-refractivity contribution < 1.29 is 18.3 Å². The Hall–Kier alpha value is -2.81. The third kappa shape index (κ3) is 5.96.